The van der Waals surface area contributed by atoms with Crippen LogP contribution in [0.3, 0.4) is 0 Å². The first-order chi connectivity index (χ1) is 8.90. The Balaban J connectivity index is 2.40. The van der Waals surface area contributed by atoms with Gasteiger partial charge in [0.1, 0.15) is 0 Å². The van der Waals surface area contributed by atoms with E-state index in [2.05, 4.69) is 19.6 Å². The summed E-state index contributed by atoms with van der Waals surface area (Å²) in [6.45, 7) is 7.04. The standard InChI is InChI=1S/C15H22O2SeSi/c1-17-14-8-5-13(6-9-14)7-10-15(16)18-11-12-19(2,3)4/h5-10H,11-12H2,1-4H3/b10-7+. The summed E-state index contributed by atoms with van der Waals surface area (Å²) in [5, 5.41) is 1.08. The van der Waals surface area contributed by atoms with Crippen molar-refractivity contribution in [3.63, 3.8) is 0 Å². The quantitative estimate of drug-likeness (QED) is 0.558. The van der Waals surface area contributed by atoms with Crippen molar-refractivity contribution in [1.29, 1.82) is 0 Å². The van der Waals surface area contributed by atoms with Gasteiger partial charge in [0.15, 0.2) is 0 Å². The molecule has 4 heteroatoms. The number of ether oxygens (including phenoxy) is 1. The summed E-state index contributed by atoms with van der Waals surface area (Å²) in [5.74, 6) is 0.836. The molecule has 0 aliphatic heterocycles. The molecule has 19 heavy (non-hydrogen) atoms. The number of methoxy groups -OCH3 is 1. The van der Waals surface area contributed by atoms with Gasteiger partial charge in [-0.3, -0.25) is 0 Å². The monoisotopic (exact) mass is 342 g/mol. The van der Waals surface area contributed by atoms with E-state index in [9.17, 15) is 4.79 Å². The van der Waals surface area contributed by atoms with Crippen LogP contribution in [0.2, 0.25) is 31.0 Å². The number of hydrogen-bond acceptors (Lipinski definition) is 2. The van der Waals surface area contributed by atoms with E-state index in [0.717, 1.165) is 16.6 Å². The Labute approximate surface area is 123 Å². The molecule has 0 bridgehead atoms. The molecule has 0 spiro atoms. The van der Waals surface area contributed by atoms with Crippen LogP contribution in [0.25, 0.3) is 6.08 Å². The van der Waals surface area contributed by atoms with Crippen LogP contribution in [0.15, 0.2) is 30.3 Å². The summed E-state index contributed by atoms with van der Waals surface area (Å²) in [4.78, 5) is 11.8. The number of allylic oxidation sites excluding steroid dienone is 1. The number of carbonyl (C=O) groups is 1. The van der Waals surface area contributed by atoms with Crippen molar-refractivity contribution in [1.82, 2.24) is 0 Å². The van der Waals surface area contributed by atoms with E-state index >= 15 is 0 Å². The van der Waals surface area contributed by atoms with E-state index in [-0.39, 0.29) is 19.6 Å². The number of hydrogen-bond donors (Lipinski definition) is 0. The number of rotatable bonds is 7. The summed E-state index contributed by atoms with van der Waals surface area (Å²) in [6, 6.07) is 8.96. The molecule has 0 aliphatic rings. The van der Waals surface area contributed by atoms with Crippen LogP contribution < -0.4 is 4.74 Å². The Bertz CT molecular complexity index is 432. The predicted octanol–water partition coefficient (Wildman–Crippen LogP) is 3.70. The molecule has 0 unspecified atom stereocenters. The molecule has 0 aromatic heterocycles. The third kappa shape index (κ3) is 7.36. The van der Waals surface area contributed by atoms with Crippen LogP contribution in [0.5, 0.6) is 5.75 Å². The molecule has 104 valence electrons. The second-order valence-corrected chi connectivity index (χ2v) is 13.5. The maximum absolute atomic E-state index is 11.8. The van der Waals surface area contributed by atoms with Crippen molar-refractivity contribution in [3.05, 3.63) is 35.9 Å². The van der Waals surface area contributed by atoms with Gasteiger partial charge in [-0.15, -0.1) is 0 Å². The van der Waals surface area contributed by atoms with Gasteiger partial charge in [0.2, 0.25) is 0 Å². The van der Waals surface area contributed by atoms with Gasteiger partial charge >= 0.3 is 123 Å². The van der Waals surface area contributed by atoms with Gasteiger partial charge in [-0.05, 0) is 0 Å². The van der Waals surface area contributed by atoms with E-state index in [0.29, 0.717) is 0 Å². The minimum atomic E-state index is -0.996. The van der Waals surface area contributed by atoms with Crippen LogP contribution in [0, 0.1) is 0 Å². The Kier molecular flexibility index (Phi) is 6.56. The van der Waals surface area contributed by atoms with Crippen molar-refractivity contribution in [2.75, 3.05) is 7.11 Å². The molecule has 0 aliphatic carbocycles. The topological polar surface area (TPSA) is 26.3 Å². The van der Waals surface area contributed by atoms with Crippen molar-refractivity contribution in [2.45, 2.75) is 31.0 Å². The normalized spacial score (nSPS) is 11.8. The Hall–Kier alpha value is -0.834. The van der Waals surface area contributed by atoms with Gasteiger partial charge in [0, 0.05) is 0 Å². The van der Waals surface area contributed by atoms with Crippen molar-refractivity contribution < 1.29 is 9.53 Å². The average Bonchev–Trinajstić information content (AvgIpc) is 2.35. The second-order valence-electron chi connectivity index (χ2n) is 5.58. The summed E-state index contributed by atoms with van der Waals surface area (Å²) in [6.07, 6.45) is 3.60. The third-order valence-electron chi connectivity index (χ3n) is 2.62. The molecular formula is C15H22O2SeSi. The first-order valence-electron chi connectivity index (χ1n) is 6.39. The van der Waals surface area contributed by atoms with Gasteiger partial charge in [-0.25, -0.2) is 0 Å². The van der Waals surface area contributed by atoms with Gasteiger partial charge in [-0.2, -0.15) is 0 Å². The fraction of sp³-hybridized carbons (Fsp3) is 0.400. The van der Waals surface area contributed by atoms with Crippen molar-refractivity contribution >= 4 is 33.8 Å². The van der Waals surface area contributed by atoms with Gasteiger partial charge in [0.25, 0.3) is 0 Å². The Morgan fingerprint density at radius 3 is 2.42 bits per heavy atom. The van der Waals surface area contributed by atoms with Crippen LogP contribution in [0.4, 0.5) is 0 Å². The van der Waals surface area contributed by atoms with E-state index < -0.39 is 8.07 Å². The zero-order chi connectivity index (χ0) is 14.3. The summed E-state index contributed by atoms with van der Waals surface area (Å²) < 4.78 is 5.37. The summed E-state index contributed by atoms with van der Waals surface area (Å²) >= 11 is 0.100. The van der Waals surface area contributed by atoms with Gasteiger partial charge < -0.3 is 0 Å². The SMILES string of the molecule is COc1ccc(/C=C/C(=O)[Se]CC[Si](C)(C)C)cc1. The molecule has 1 rings (SSSR count). The number of carbonyl (C=O) groups excluding carboxylic acids is 1. The van der Waals surface area contributed by atoms with Crippen LogP contribution >= 0.6 is 0 Å². The molecule has 0 N–H and O–H groups in total. The zero-order valence-corrected chi connectivity index (χ0v) is 14.8. The Morgan fingerprint density at radius 2 is 1.89 bits per heavy atom. The molecule has 1 aromatic rings. The molecule has 0 saturated heterocycles. The molecule has 2 nitrogen and oxygen atoms in total. The summed E-state index contributed by atoms with van der Waals surface area (Å²) in [5.41, 5.74) is 1.04. The summed E-state index contributed by atoms with van der Waals surface area (Å²) in [7, 11) is 0.652. The first kappa shape index (κ1) is 16.2. The second kappa shape index (κ2) is 7.68. The molecule has 0 fully saturated rings. The Morgan fingerprint density at radius 1 is 1.26 bits per heavy atom. The van der Waals surface area contributed by atoms with Crippen LogP contribution in [-0.2, 0) is 4.79 Å². The van der Waals surface area contributed by atoms with E-state index in [1.165, 1.54) is 6.04 Å². The minimum absolute atomic E-state index is 0.100. The first-order valence-corrected chi connectivity index (χ1v) is 12.2. The fourth-order valence-corrected chi connectivity index (χ4v) is 7.36. The van der Waals surface area contributed by atoms with Crippen LogP contribution in [-0.4, -0.2) is 34.8 Å². The fourth-order valence-electron chi connectivity index (χ4n) is 1.39. The van der Waals surface area contributed by atoms with Gasteiger partial charge in [-0.1, -0.05) is 0 Å². The molecule has 0 radical (unpaired) electrons. The van der Waals surface area contributed by atoms with Gasteiger partial charge in [0.05, 0.1) is 0 Å². The molecular weight excluding hydrogens is 319 g/mol. The molecule has 0 saturated carbocycles. The average molecular weight is 341 g/mol. The van der Waals surface area contributed by atoms with E-state index in [4.69, 9.17) is 4.74 Å². The van der Waals surface area contributed by atoms with Crippen molar-refractivity contribution in [3.8, 4) is 5.75 Å². The van der Waals surface area contributed by atoms with Crippen molar-refractivity contribution in [2.24, 2.45) is 0 Å². The zero-order valence-electron chi connectivity index (χ0n) is 12.1. The van der Waals surface area contributed by atoms with E-state index in [1.807, 2.05) is 30.3 Å². The molecule has 0 amide bonds. The number of benzene rings is 1. The third-order valence-corrected chi connectivity index (χ3v) is 6.92. The molecule has 0 atom stereocenters. The van der Waals surface area contributed by atoms with Crippen LogP contribution in [0.1, 0.15) is 5.56 Å². The predicted molar refractivity (Wildman–Crippen MR) is 85.7 cm³/mol. The van der Waals surface area contributed by atoms with E-state index in [1.54, 1.807) is 13.2 Å². The molecule has 1 aromatic carbocycles. The molecule has 0 heterocycles. The maximum atomic E-state index is 11.8.